The van der Waals surface area contributed by atoms with E-state index >= 15 is 0 Å². The minimum Gasteiger partial charge on any atom is -0.481 e. The molecule has 0 spiro atoms. The number of benzene rings is 1. The van der Waals surface area contributed by atoms with Crippen molar-refractivity contribution in [3.63, 3.8) is 0 Å². The molecule has 0 aromatic heterocycles. The summed E-state index contributed by atoms with van der Waals surface area (Å²) in [5.74, 6) is -2.24. The second kappa shape index (κ2) is 4.42. The third-order valence-electron chi connectivity index (χ3n) is 1.78. The monoisotopic (exact) mass is 244 g/mol. The normalized spacial score (nSPS) is 11.1. The van der Waals surface area contributed by atoms with Gasteiger partial charge in [0.2, 0.25) is 0 Å². The van der Waals surface area contributed by atoms with Crippen molar-refractivity contribution >= 4 is 21.9 Å². The van der Waals surface area contributed by atoms with Crippen molar-refractivity contribution in [2.45, 2.75) is 11.3 Å². The van der Waals surface area contributed by atoms with E-state index in [1.54, 1.807) is 0 Å². The Kier molecular flexibility index (Phi) is 3.41. The van der Waals surface area contributed by atoms with E-state index in [9.17, 15) is 18.0 Å². The predicted molar refractivity (Wildman–Crippen MR) is 52.8 cm³/mol. The topological polar surface area (TPSA) is 109 Å². The molecule has 0 unspecified atom stereocenters. The van der Waals surface area contributed by atoms with Gasteiger partial charge in [-0.25, -0.2) is 0 Å². The number of hydrogen-bond donors (Lipinski definition) is 2. The zero-order valence-corrected chi connectivity index (χ0v) is 8.77. The molecule has 0 fully saturated rings. The number of hydrogen-bond acceptors (Lipinski definition) is 4. The van der Waals surface area contributed by atoms with Gasteiger partial charge in [0.1, 0.15) is 11.3 Å². The first-order valence-corrected chi connectivity index (χ1v) is 5.58. The number of carbonyl (C=O) groups is 2. The van der Waals surface area contributed by atoms with Crippen molar-refractivity contribution in [2.24, 2.45) is 0 Å². The van der Waals surface area contributed by atoms with Crippen LogP contribution in [-0.4, -0.2) is 29.8 Å². The lowest BCUT2D eigenvalue weighted by Crippen LogP contribution is -2.12. The zero-order chi connectivity index (χ0) is 12.3. The Morgan fingerprint density at radius 2 is 1.75 bits per heavy atom. The first kappa shape index (κ1) is 12.3. The second-order valence-corrected chi connectivity index (χ2v) is 4.35. The highest BCUT2D eigenvalue weighted by molar-refractivity contribution is 7.86. The molecule has 0 aliphatic rings. The maximum absolute atomic E-state index is 11.4. The largest absolute Gasteiger partial charge is 0.481 e. The molecule has 0 heterocycles. The van der Waals surface area contributed by atoms with Crippen LogP contribution in [0.5, 0.6) is 0 Å². The number of carboxylic acid groups (broad SMARTS) is 1. The number of aliphatic carboxylic acids is 1. The fourth-order valence-electron chi connectivity index (χ4n) is 1.15. The SMILES string of the molecule is O=C(O)CC(=O)c1ccccc1S(=O)(=O)O. The third-order valence-corrected chi connectivity index (χ3v) is 2.69. The summed E-state index contributed by atoms with van der Waals surface area (Å²) in [6.07, 6.45) is -0.827. The number of carbonyl (C=O) groups excluding carboxylic acids is 1. The molecule has 0 aliphatic carbocycles. The Hall–Kier alpha value is -1.73. The molecule has 0 aliphatic heterocycles. The van der Waals surface area contributed by atoms with E-state index in [-0.39, 0.29) is 5.56 Å². The minimum atomic E-state index is -4.53. The van der Waals surface area contributed by atoms with Crippen LogP contribution in [0.4, 0.5) is 0 Å². The van der Waals surface area contributed by atoms with Gasteiger partial charge in [0.05, 0.1) is 0 Å². The van der Waals surface area contributed by atoms with Crippen molar-refractivity contribution in [2.75, 3.05) is 0 Å². The van der Waals surface area contributed by atoms with Gasteiger partial charge in [-0.3, -0.25) is 14.1 Å². The molecule has 1 aromatic rings. The highest BCUT2D eigenvalue weighted by atomic mass is 32.2. The lowest BCUT2D eigenvalue weighted by molar-refractivity contribution is -0.135. The van der Waals surface area contributed by atoms with E-state index in [1.807, 2.05) is 0 Å². The van der Waals surface area contributed by atoms with E-state index < -0.39 is 33.2 Å². The van der Waals surface area contributed by atoms with E-state index in [2.05, 4.69) is 0 Å². The van der Waals surface area contributed by atoms with Crippen LogP contribution in [0.3, 0.4) is 0 Å². The summed E-state index contributed by atoms with van der Waals surface area (Å²) in [4.78, 5) is 21.1. The standard InChI is InChI=1S/C9H8O6S/c10-7(5-9(11)12)6-3-1-2-4-8(6)16(13,14)15/h1-4H,5H2,(H,11,12)(H,13,14,15). The summed E-state index contributed by atoms with van der Waals surface area (Å²) < 4.78 is 30.6. The van der Waals surface area contributed by atoms with Gasteiger partial charge < -0.3 is 5.11 Å². The average Bonchev–Trinajstić information content (AvgIpc) is 2.15. The van der Waals surface area contributed by atoms with E-state index in [1.165, 1.54) is 12.1 Å². The number of Topliss-reactive ketones (excluding diaryl/α,β-unsaturated/α-hetero) is 1. The van der Waals surface area contributed by atoms with Gasteiger partial charge in [-0.1, -0.05) is 12.1 Å². The number of carboxylic acids is 1. The van der Waals surface area contributed by atoms with Crippen molar-refractivity contribution in [3.05, 3.63) is 29.8 Å². The van der Waals surface area contributed by atoms with Crippen molar-refractivity contribution < 1.29 is 27.7 Å². The molecule has 1 rings (SSSR count). The lowest BCUT2D eigenvalue weighted by Gasteiger charge is -2.03. The molecule has 0 amide bonds. The molecule has 2 N–H and O–H groups in total. The van der Waals surface area contributed by atoms with Gasteiger partial charge in [-0.2, -0.15) is 8.42 Å². The summed E-state index contributed by atoms with van der Waals surface area (Å²) in [5, 5.41) is 8.41. The highest BCUT2D eigenvalue weighted by Crippen LogP contribution is 2.16. The zero-order valence-electron chi connectivity index (χ0n) is 7.95. The average molecular weight is 244 g/mol. The molecule has 0 bridgehead atoms. The Bertz CT molecular complexity index is 531. The fourth-order valence-corrected chi connectivity index (χ4v) is 1.86. The Balaban J connectivity index is 3.24. The van der Waals surface area contributed by atoms with Crippen LogP contribution in [0, 0.1) is 0 Å². The summed E-state index contributed by atoms with van der Waals surface area (Å²) in [7, 11) is -4.53. The van der Waals surface area contributed by atoms with Crippen LogP contribution in [0.25, 0.3) is 0 Å². The van der Waals surface area contributed by atoms with Gasteiger partial charge in [0.15, 0.2) is 5.78 Å². The molecule has 86 valence electrons. The van der Waals surface area contributed by atoms with E-state index in [0.29, 0.717) is 0 Å². The maximum Gasteiger partial charge on any atom is 0.311 e. The highest BCUT2D eigenvalue weighted by Gasteiger charge is 2.20. The first-order valence-electron chi connectivity index (χ1n) is 4.14. The van der Waals surface area contributed by atoms with E-state index in [4.69, 9.17) is 9.66 Å². The molecule has 16 heavy (non-hydrogen) atoms. The first-order chi connectivity index (χ1) is 7.32. The fraction of sp³-hybridized carbons (Fsp3) is 0.111. The lowest BCUT2D eigenvalue weighted by atomic mass is 10.1. The molecule has 1 aromatic carbocycles. The number of ketones is 1. The summed E-state index contributed by atoms with van der Waals surface area (Å²) >= 11 is 0. The summed E-state index contributed by atoms with van der Waals surface area (Å²) in [6, 6.07) is 4.88. The quantitative estimate of drug-likeness (QED) is 0.456. The molecule has 7 heteroatoms. The van der Waals surface area contributed by atoms with Crippen LogP contribution in [-0.2, 0) is 14.9 Å². The third kappa shape index (κ3) is 2.88. The van der Waals surface area contributed by atoms with Crippen LogP contribution in [0.1, 0.15) is 16.8 Å². The second-order valence-electron chi connectivity index (χ2n) is 2.96. The van der Waals surface area contributed by atoms with Crippen LogP contribution in [0.2, 0.25) is 0 Å². The van der Waals surface area contributed by atoms with Crippen LogP contribution < -0.4 is 0 Å². The minimum absolute atomic E-state index is 0.326. The van der Waals surface area contributed by atoms with Gasteiger partial charge in [-0.05, 0) is 12.1 Å². The van der Waals surface area contributed by atoms with Gasteiger partial charge in [0.25, 0.3) is 10.1 Å². The molecule has 0 saturated heterocycles. The Morgan fingerprint density at radius 3 is 2.25 bits per heavy atom. The molecule has 0 atom stereocenters. The predicted octanol–water partition coefficient (Wildman–Crippen LogP) is 0.591. The van der Waals surface area contributed by atoms with Crippen molar-refractivity contribution in [1.82, 2.24) is 0 Å². The Labute approximate surface area is 91.3 Å². The Morgan fingerprint density at radius 1 is 1.19 bits per heavy atom. The van der Waals surface area contributed by atoms with Gasteiger partial charge in [0, 0.05) is 5.56 Å². The van der Waals surface area contributed by atoms with Crippen LogP contribution >= 0.6 is 0 Å². The summed E-state index contributed by atoms with van der Waals surface area (Å²) in [5.41, 5.74) is -0.326. The molecule has 0 radical (unpaired) electrons. The van der Waals surface area contributed by atoms with Crippen molar-refractivity contribution in [1.29, 1.82) is 0 Å². The van der Waals surface area contributed by atoms with E-state index in [0.717, 1.165) is 12.1 Å². The van der Waals surface area contributed by atoms with Crippen molar-refractivity contribution in [3.8, 4) is 0 Å². The molecule has 6 nitrogen and oxygen atoms in total. The smallest absolute Gasteiger partial charge is 0.311 e. The van der Waals surface area contributed by atoms with Crippen LogP contribution in [0.15, 0.2) is 29.2 Å². The molecular formula is C9H8O6S. The number of rotatable bonds is 4. The maximum atomic E-state index is 11.4. The van der Waals surface area contributed by atoms with Gasteiger partial charge >= 0.3 is 5.97 Å². The summed E-state index contributed by atoms with van der Waals surface area (Å²) in [6.45, 7) is 0. The molecule has 0 saturated carbocycles. The molecular weight excluding hydrogens is 236 g/mol. The van der Waals surface area contributed by atoms with Gasteiger partial charge in [-0.15, -0.1) is 0 Å².